The van der Waals surface area contributed by atoms with E-state index in [1.807, 2.05) is 0 Å². The lowest BCUT2D eigenvalue weighted by molar-refractivity contribution is -0.118. The van der Waals surface area contributed by atoms with Crippen LogP contribution in [-0.4, -0.2) is 11.7 Å². The summed E-state index contributed by atoms with van der Waals surface area (Å²) in [6.45, 7) is 0. The van der Waals surface area contributed by atoms with Gasteiger partial charge in [-0.25, -0.2) is 4.39 Å². The van der Waals surface area contributed by atoms with Gasteiger partial charge in [0.1, 0.15) is 5.82 Å². The number of unbranched alkanes of at least 4 members (excludes halogenated alkanes) is 1. The van der Waals surface area contributed by atoms with Crippen molar-refractivity contribution >= 4 is 17.7 Å². The molecule has 0 heterocycles. The number of hydrogen-bond acceptors (Lipinski definition) is 3. The van der Waals surface area contributed by atoms with Crippen molar-refractivity contribution in [1.29, 1.82) is 0 Å². The van der Waals surface area contributed by atoms with E-state index in [1.54, 1.807) is 18.2 Å². The standard InChI is InChI=1S/C11H12FNO2S/c12-9-5-1-2-6-10(9)16-8-4-3-7-11(14)13-15/h1-2,5-6H,3-4,7-8H2. The molecule has 16 heavy (non-hydrogen) atoms. The van der Waals surface area contributed by atoms with E-state index in [1.165, 1.54) is 17.8 Å². The van der Waals surface area contributed by atoms with Crippen molar-refractivity contribution < 1.29 is 9.18 Å². The number of nitrogens with zero attached hydrogens (tertiary/aromatic N) is 1. The monoisotopic (exact) mass is 241 g/mol. The molecule has 0 aliphatic carbocycles. The lowest BCUT2D eigenvalue weighted by atomic mass is 10.2. The first kappa shape index (κ1) is 12.8. The maximum Gasteiger partial charge on any atom is 0.286 e. The number of carbonyl (C=O) groups is 1. The molecule has 0 saturated heterocycles. The summed E-state index contributed by atoms with van der Waals surface area (Å²) in [4.78, 5) is 20.9. The lowest BCUT2D eigenvalue weighted by Gasteiger charge is -2.01. The Labute approximate surface area is 97.4 Å². The van der Waals surface area contributed by atoms with Gasteiger partial charge in [-0.2, -0.15) is 0 Å². The van der Waals surface area contributed by atoms with Crippen LogP contribution in [0.15, 0.2) is 34.3 Å². The molecule has 3 nitrogen and oxygen atoms in total. The van der Waals surface area contributed by atoms with Crippen LogP contribution >= 0.6 is 11.8 Å². The SMILES string of the molecule is O=NC(=O)CCCCSc1ccccc1F. The fraction of sp³-hybridized carbons (Fsp3) is 0.364. The highest BCUT2D eigenvalue weighted by molar-refractivity contribution is 7.99. The Kier molecular flexibility index (Phi) is 5.71. The Morgan fingerprint density at radius 2 is 2.06 bits per heavy atom. The number of rotatable bonds is 6. The van der Waals surface area contributed by atoms with Crippen LogP contribution in [0.1, 0.15) is 19.3 Å². The fourth-order valence-electron chi connectivity index (χ4n) is 1.17. The molecule has 0 bridgehead atoms. The molecule has 1 rings (SSSR count). The molecule has 86 valence electrons. The van der Waals surface area contributed by atoms with Crippen LogP contribution in [-0.2, 0) is 4.79 Å². The topological polar surface area (TPSA) is 46.5 Å². The Morgan fingerprint density at radius 1 is 1.31 bits per heavy atom. The molecule has 0 saturated carbocycles. The second-order valence-corrected chi connectivity index (χ2v) is 4.36. The summed E-state index contributed by atoms with van der Waals surface area (Å²) < 4.78 is 13.2. The van der Waals surface area contributed by atoms with Crippen LogP contribution in [0, 0.1) is 10.7 Å². The minimum absolute atomic E-state index is 0.182. The quantitative estimate of drug-likeness (QED) is 0.435. The molecule has 0 spiro atoms. The number of amides is 1. The summed E-state index contributed by atoms with van der Waals surface area (Å²) in [5, 5.41) is 2.30. The maximum atomic E-state index is 13.2. The lowest BCUT2D eigenvalue weighted by Crippen LogP contribution is -1.92. The number of halogens is 1. The average Bonchev–Trinajstić information content (AvgIpc) is 2.30. The first-order valence-corrected chi connectivity index (χ1v) is 5.96. The summed E-state index contributed by atoms with van der Waals surface area (Å²) in [6, 6.07) is 6.57. The molecule has 0 unspecified atom stereocenters. The summed E-state index contributed by atoms with van der Waals surface area (Å²) in [7, 11) is 0. The highest BCUT2D eigenvalue weighted by Crippen LogP contribution is 2.22. The largest absolute Gasteiger partial charge is 0.286 e. The molecule has 0 N–H and O–H groups in total. The zero-order valence-corrected chi connectivity index (χ0v) is 9.50. The Hall–Kier alpha value is -1.23. The van der Waals surface area contributed by atoms with Gasteiger partial charge < -0.3 is 0 Å². The van der Waals surface area contributed by atoms with Gasteiger partial charge in [-0.1, -0.05) is 12.1 Å². The van der Waals surface area contributed by atoms with Crippen molar-refractivity contribution in [2.24, 2.45) is 5.18 Å². The molecule has 1 aromatic rings. The van der Waals surface area contributed by atoms with Crippen LogP contribution in [0.4, 0.5) is 4.39 Å². The van der Waals surface area contributed by atoms with Gasteiger partial charge in [-0.3, -0.25) is 4.79 Å². The first-order chi connectivity index (χ1) is 7.74. The fourth-order valence-corrected chi connectivity index (χ4v) is 2.12. The van der Waals surface area contributed by atoms with Crippen molar-refractivity contribution in [2.75, 3.05) is 5.75 Å². The molecule has 0 fully saturated rings. The minimum Gasteiger partial charge on any atom is -0.269 e. The first-order valence-electron chi connectivity index (χ1n) is 4.97. The normalized spacial score (nSPS) is 10.1. The Balaban J connectivity index is 2.19. The number of thioether (sulfide) groups is 1. The summed E-state index contributed by atoms with van der Waals surface area (Å²) in [5.74, 6) is -0.110. The predicted octanol–water partition coefficient (Wildman–Crippen LogP) is 3.38. The maximum absolute atomic E-state index is 13.2. The third-order valence-corrected chi connectivity index (χ3v) is 3.12. The van der Waals surface area contributed by atoms with E-state index in [0.29, 0.717) is 11.3 Å². The van der Waals surface area contributed by atoms with Gasteiger partial charge in [0.25, 0.3) is 5.91 Å². The van der Waals surface area contributed by atoms with Crippen molar-refractivity contribution in [3.63, 3.8) is 0 Å². The van der Waals surface area contributed by atoms with Gasteiger partial charge in [-0.05, 0) is 30.7 Å². The summed E-state index contributed by atoms with van der Waals surface area (Å²) >= 11 is 1.41. The van der Waals surface area contributed by atoms with E-state index in [0.717, 1.165) is 12.2 Å². The smallest absolute Gasteiger partial charge is 0.269 e. The van der Waals surface area contributed by atoms with E-state index < -0.39 is 5.91 Å². The van der Waals surface area contributed by atoms with Gasteiger partial charge in [0, 0.05) is 16.5 Å². The second kappa shape index (κ2) is 7.11. The number of nitroso groups, excluding NO2 is 1. The van der Waals surface area contributed by atoms with Crippen LogP contribution < -0.4 is 0 Å². The Morgan fingerprint density at radius 3 is 2.75 bits per heavy atom. The molecule has 0 aromatic heterocycles. The van der Waals surface area contributed by atoms with Gasteiger partial charge >= 0.3 is 0 Å². The van der Waals surface area contributed by atoms with Crippen LogP contribution in [0.5, 0.6) is 0 Å². The molecule has 0 atom stereocenters. The van der Waals surface area contributed by atoms with Gasteiger partial charge in [-0.15, -0.1) is 16.7 Å². The van der Waals surface area contributed by atoms with E-state index in [-0.39, 0.29) is 12.2 Å². The highest BCUT2D eigenvalue weighted by atomic mass is 32.2. The van der Waals surface area contributed by atoms with Crippen LogP contribution in [0.3, 0.4) is 0 Å². The minimum atomic E-state index is -0.615. The summed E-state index contributed by atoms with van der Waals surface area (Å²) in [5.41, 5.74) is 0. The zero-order valence-electron chi connectivity index (χ0n) is 8.69. The molecular formula is C11H12FNO2S. The van der Waals surface area contributed by atoms with Crippen LogP contribution in [0.25, 0.3) is 0 Å². The molecule has 0 aliphatic heterocycles. The second-order valence-electron chi connectivity index (χ2n) is 3.22. The van der Waals surface area contributed by atoms with E-state index in [9.17, 15) is 14.1 Å². The third-order valence-electron chi connectivity index (χ3n) is 1.98. The van der Waals surface area contributed by atoms with Crippen molar-refractivity contribution in [3.05, 3.63) is 35.0 Å². The number of benzene rings is 1. The van der Waals surface area contributed by atoms with E-state index >= 15 is 0 Å². The summed E-state index contributed by atoms with van der Waals surface area (Å²) in [6.07, 6.45) is 1.56. The van der Waals surface area contributed by atoms with E-state index in [2.05, 4.69) is 5.18 Å². The van der Waals surface area contributed by atoms with Crippen LogP contribution in [0.2, 0.25) is 0 Å². The average molecular weight is 241 g/mol. The predicted molar refractivity (Wildman–Crippen MR) is 61.8 cm³/mol. The van der Waals surface area contributed by atoms with Gasteiger partial charge in [0.05, 0.1) is 0 Å². The number of carbonyl (C=O) groups excluding carboxylic acids is 1. The van der Waals surface area contributed by atoms with Crippen molar-refractivity contribution in [2.45, 2.75) is 24.2 Å². The highest BCUT2D eigenvalue weighted by Gasteiger charge is 2.02. The molecule has 0 radical (unpaired) electrons. The zero-order chi connectivity index (χ0) is 11.8. The van der Waals surface area contributed by atoms with Gasteiger partial charge in [0.2, 0.25) is 0 Å². The van der Waals surface area contributed by atoms with E-state index in [4.69, 9.17) is 0 Å². The molecule has 1 amide bonds. The number of hydrogen-bond donors (Lipinski definition) is 0. The third kappa shape index (κ3) is 4.53. The van der Waals surface area contributed by atoms with Gasteiger partial charge in [0.15, 0.2) is 0 Å². The van der Waals surface area contributed by atoms with Crippen molar-refractivity contribution in [1.82, 2.24) is 0 Å². The molecule has 1 aromatic carbocycles. The molecular weight excluding hydrogens is 229 g/mol. The van der Waals surface area contributed by atoms with Crippen molar-refractivity contribution in [3.8, 4) is 0 Å². The molecule has 0 aliphatic rings. The molecule has 5 heteroatoms. The Bertz CT molecular complexity index is 371.